The van der Waals surface area contributed by atoms with E-state index in [0.717, 1.165) is 32.1 Å². The van der Waals surface area contributed by atoms with E-state index < -0.39 is 35.3 Å². The minimum atomic E-state index is -1.10. The Hall–Kier alpha value is -2.51. The number of hydrogen-bond acceptors (Lipinski definition) is 5. The maximum atomic E-state index is 12.9. The zero-order valence-corrected chi connectivity index (χ0v) is 16.1. The van der Waals surface area contributed by atoms with Crippen molar-refractivity contribution in [2.75, 3.05) is 0 Å². The molecular weight excluding hydrogens is 348 g/mol. The molecular formula is C19H28N4O4. The number of nitrogens with zero attached hydrogens (tertiary/aromatic N) is 2. The number of carbonyl (C=O) groups is 3. The Morgan fingerprint density at radius 2 is 1.78 bits per heavy atom. The molecule has 1 aromatic rings. The van der Waals surface area contributed by atoms with E-state index >= 15 is 0 Å². The third kappa shape index (κ3) is 5.74. The van der Waals surface area contributed by atoms with Gasteiger partial charge in [-0.2, -0.15) is 0 Å². The molecule has 1 aliphatic rings. The lowest BCUT2D eigenvalue weighted by atomic mass is 9.82. The van der Waals surface area contributed by atoms with E-state index in [0.29, 0.717) is 0 Å². The summed E-state index contributed by atoms with van der Waals surface area (Å²) in [5, 5.41) is 14.9. The molecule has 8 heteroatoms. The molecule has 1 heterocycles. The summed E-state index contributed by atoms with van der Waals surface area (Å²) in [4.78, 5) is 44.9. The Kier molecular flexibility index (Phi) is 6.87. The smallest absolute Gasteiger partial charge is 0.326 e. The Labute approximate surface area is 159 Å². The van der Waals surface area contributed by atoms with Crippen LogP contribution in [0.2, 0.25) is 0 Å². The van der Waals surface area contributed by atoms with Crippen molar-refractivity contribution in [3.8, 4) is 0 Å². The second-order valence-corrected chi connectivity index (χ2v) is 8.09. The van der Waals surface area contributed by atoms with E-state index in [2.05, 4.69) is 20.6 Å². The quantitative estimate of drug-likeness (QED) is 0.696. The lowest BCUT2D eigenvalue weighted by Gasteiger charge is -2.33. The van der Waals surface area contributed by atoms with Crippen molar-refractivity contribution >= 4 is 17.8 Å². The summed E-state index contributed by atoms with van der Waals surface area (Å²) in [5.74, 6) is -2.09. The molecule has 0 radical (unpaired) electrons. The summed E-state index contributed by atoms with van der Waals surface area (Å²) in [6, 6.07) is -1.85. The van der Waals surface area contributed by atoms with Crippen molar-refractivity contribution in [3.63, 3.8) is 0 Å². The van der Waals surface area contributed by atoms with Gasteiger partial charge >= 0.3 is 5.97 Å². The number of nitrogens with one attached hydrogen (secondary N) is 2. The largest absolute Gasteiger partial charge is 0.480 e. The maximum absolute atomic E-state index is 12.9. The highest BCUT2D eigenvalue weighted by molar-refractivity contribution is 5.96. The summed E-state index contributed by atoms with van der Waals surface area (Å²) >= 11 is 0. The molecule has 1 unspecified atom stereocenters. The second-order valence-electron chi connectivity index (χ2n) is 8.09. The number of amides is 2. The van der Waals surface area contributed by atoms with Crippen LogP contribution in [-0.2, 0) is 9.59 Å². The molecule has 148 valence electrons. The molecule has 27 heavy (non-hydrogen) atoms. The van der Waals surface area contributed by atoms with Crippen molar-refractivity contribution in [2.24, 2.45) is 11.3 Å². The van der Waals surface area contributed by atoms with Crippen LogP contribution in [-0.4, -0.2) is 44.9 Å². The fourth-order valence-electron chi connectivity index (χ4n) is 3.38. The van der Waals surface area contributed by atoms with Gasteiger partial charge in [-0.25, -0.2) is 9.78 Å². The standard InChI is InChI=1S/C19H28N4O4/c1-19(2,3)15(18(26)27)23-17(25)14(12-7-5-4-6-8-12)22-16(24)13-11-20-9-10-21-13/h9-12,14-15H,4-8H2,1-3H3,(H,22,24)(H,23,25)(H,26,27)/t14-,15?/m0/s1. The van der Waals surface area contributed by atoms with Crippen LogP contribution < -0.4 is 10.6 Å². The first kappa shape index (κ1) is 20.8. The number of rotatable bonds is 6. The summed E-state index contributed by atoms with van der Waals surface area (Å²) < 4.78 is 0. The van der Waals surface area contributed by atoms with Crippen molar-refractivity contribution in [3.05, 3.63) is 24.3 Å². The van der Waals surface area contributed by atoms with E-state index in [9.17, 15) is 19.5 Å². The molecule has 0 aromatic carbocycles. The van der Waals surface area contributed by atoms with Gasteiger partial charge in [0, 0.05) is 12.4 Å². The zero-order valence-electron chi connectivity index (χ0n) is 16.1. The molecule has 0 bridgehead atoms. The number of carboxylic acid groups (broad SMARTS) is 1. The monoisotopic (exact) mass is 376 g/mol. The lowest BCUT2D eigenvalue weighted by molar-refractivity contribution is -0.145. The van der Waals surface area contributed by atoms with E-state index in [1.54, 1.807) is 20.8 Å². The number of carbonyl (C=O) groups excluding carboxylic acids is 2. The molecule has 1 aliphatic carbocycles. The lowest BCUT2D eigenvalue weighted by Crippen LogP contribution is -2.57. The van der Waals surface area contributed by atoms with Crippen molar-refractivity contribution in [2.45, 2.75) is 65.0 Å². The van der Waals surface area contributed by atoms with Crippen LogP contribution in [0.25, 0.3) is 0 Å². The normalized spacial score (nSPS) is 17.6. The van der Waals surface area contributed by atoms with E-state index in [1.807, 2.05) is 0 Å². The molecule has 8 nitrogen and oxygen atoms in total. The van der Waals surface area contributed by atoms with Gasteiger partial charge in [-0.3, -0.25) is 14.6 Å². The number of carboxylic acids is 1. The molecule has 2 amide bonds. The predicted molar refractivity (Wildman–Crippen MR) is 98.9 cm³/mol. The molecule has 0 spiro atoms. The number of hydrogen-bond donors (Lipinski definition) is 3. The van der Waals surface area contributed by atoms with Crippen LogP contribution in [0.5, 0.6) is 0 Å². The molecule has 2 atom stereocenters. The fourth-order valence-corrected chi connectivity index (χ4v) is 3.38. The second kappa shape index (κ2) is 8.92. The van der Waals surface area contributed by atoms with Crippen LogP contribution in [0, 0.1) is 11.3 Å². The van der Waals surface area contributed by atoms with Crippen LogP contribution in [0.1, 0.15) is 63.4 Å². The Bertz CT molecular complexity index is 666. The predicted octanol–water partition coefficient (Wildman–Crippen LogP) is 1.77. The average Bonchev–Trinajstić information content (AvgIpc) is 2.64. The van der Waals surface area contributed by atoms with Gasteiger partial charge in [0.25, 0.3) is 5.91 Å². The van der Waals surface area contributed by atoms with Gasteiger partial charge in [-0.15, -0.1) is 0 Å². The summed E-state index contributed by atoms with van der Waals surface area (Å²) in [5.41, 5.74) is -0.537. The fraction of sp³-hybridized carbons (Fsp3) is 0.632. The van der Waals surface area contributed by atoms with E-state index in [4.69, 9.17) is 0 Å². The first-order chi connectivity index (χ1) is 12.7. The van der Waals surface area contributed by atoms with Crippen LogP contribution in [0.3, 0.4) is 0 Å². The summed E-state index contributed by atoms with van der Waals surface area (Å²) in [7, 11) is 0. The van der Waals surface area contributed by atoms with Crippen molar-refractivity contribution in [1.82, 2.24) is 20.6 Å². The topological polar surface area (TPSA) is 121 Å². The van der Waals surface area contributed by atoms with Crippen LogP contribution >= 0.6 is 0 Å². The van der Waals surface area contributed by atoms with Gasteiger partial charge in [0.1, 0.15) is 17.8 Å². The van der Waals surface area contributed by atoms with E-state index in [-0.39, 0.29) is 11.6 Å². The highest BCUT2D eigenvalue weighted by Crippen LogP contribution is 2.27. The number of aromatic nitrogens is 2. The third-order valence-electron chi connectivity index (χ3n) is 4.89. The van der Waals surface area contributed by atoms with Gasteiger partial charge in [-0.05, 0) is 24.2 Å². The SMILES string of the molecule is CC(C)(C)C(NC(=O)[C@@H](NC(=O)c1cnccn1)C1CCCCC1)C(=O)O. The maximum Gasteiger partial charge on any atom is 0.326 e. The first-order valence-corrected chi connectivity index (χ1v) is 9.30. The molecule has 3 N–H and O–H groups in total. The number of aliphatic carboxylic acids is 1. The first-order valence-electron chi connectivity index (χ1n) is 9.30. The third-order valence-corrected chi connectivity index (χ3v) is 4.89. The minimum absolute atomic E-state index is 0.0335. The Morgan fingerprint density at radius 1 is 1.11 bits per heavy atom. The molecule has 2 rings (SSSR count). The van der Waals surface area contributed by atoms with Crippen molar-refractivity contribution in [1.29, 1.82) is 0 Å². The minimum Gasteiger partial charge on any atom is -0.480 e. The Morgan fingerprint density at radius 3 is 2.30 bits per heavy atom. The summed E-state index contributed by atoms with van der Waals surface area (Å²) in [6.45, 7) is 5.25. The highest BCUT2D eigenvalue weighted by Gasteiger charge is 2.37. The van der Waals surface area contributed by atoms with E-state index in [1.165, 1.54) is 18.6 Å². The molecule has 0 saturated heterocycles. The zero-order chi connectivity index (χ0) is 20.0. The Balaban J connectivity index is 2.19. The van der Waals surface area contributed by atoms with Gasteiger partial charge in [0.15, 0.2) is 0 Å². The molecule has 1 fully saturated rings. The molecule has 1 saturated carbocycles. The van der Waals surface area contributed by atoms with Gasteiger partial charge in [0.05, 0.1) is 6.20 Å². The highest BCUT2D eigenvalue weighted by atomic mass is 16.4. The van der Waals surface area contributed by atoms with Gasteiger partial charge in [0.2, 0.25) is 5.91 Å². The van der Waals surface area contributed by atoms with Crippen LogP contribution in [0.4, 0.5) is 0 Å². The van der Waals surface area contributed by atoms with Gasteiger partial charge < -0.3 is 15.7 Å². The molecule has 1 aromatic heterocycles. The van der Waals surface area contributed by atoms with Gasteiger partial charge in [-0.1, -0.05) is 40.0 Å². The molecule has 0 aliphatic heterocycles. The van der Waals surface area contributed by atoms with Crippen molar-refractivity contribution < 1.29 is 19.5 Å². The summed E-state index contributed by atoms with van der Waals surface area (Å²) in [6.07, 6.45) is 8.89. The van der Waals surface area contributed by atoms with Crippen LogP contribution in [0.15, 0.2) is 18.6 Å². The average molecular weight is 376 g/mol.